The first kappa shape index (κ1) is 18.9. The Kier molecular flexibility index (Phi) is 5.39. The molecule has 4 rings (SSSR count). The van der Waals surface area contributed by atoms with Gasteiger partial charge in [-0.05, 0) is 59.4 Å². The lowest BCUT2D eigenvalue weighted by Crippen LogP contribution is -2.04. The first-order chi connectivity index (χ1) is 14.1. The molecule has 0 saturated carbocycles. The molecule has 3 heteroatoms. The molecule has 0 spiro atoms. The molecule has 0 unspecified atom stereocenters. The van der Waals surface area contributed by atoms with E-state index in [-0.39, 0.29) is 0 Å². The summed E-state index contributed by atoms with van der Waals surface area (Å²) >= 11 is 0. The minimum absolute atomic E-state index is 0.735. The zero-order valence-corrected chi connectivity index (χ0v) is 17.0. The number of hydrogen-bond acceptors (Lipinski definition) is 2. The molecule has 2 aromatic heterocycles. The summed E-state index contributed by atoms with van der Waals surface area (Å²) < 4.78 is 2.09. The summed E-state index contributed by atoms with van der Waals surface area (Å²) in [7, 11) is 0. The average molecular weight is 380 g/mol. The van der Waals surface area contributed by atoms with E-state index in [1.165, 1.54) is 22.3 Å². The predicted molar refractivity (Wildman–Crippen MR) is 121 cm³/mol. The monoisotopic (exact) mass is 379 g/mol. The van der Waals surface area contributed by atoms with Gasteiger partial charge in [0.25, 0.3) is 0 Å². The van der Waals surface area contributed by atoms with Gasteiger partial charge < -0.3 is 0 Å². The van der Waals surface area contributed by atoms with Gasteiger partial charge in [0.1, 0.15) is 0 Å². The third-order valence-electron chi connectivity index (χ3n) is 5.22. The highest BCUT2D eigenvalue weighted by molar-refractivity contribution is 5.71. The van der Waals surface area contributed by atoms with Gasteiger partial charge >= 0.3 is 0 Å². The summed E-state index contributed by atoms with van der Waals surface area (Å²) in [5.74, 6) is 0. The maximum Gasteiger partial charge on any atom is 0.0883 e. The molecule has 0 atom stereocenters. The second kappa shape index (κ2) is 8.27. The Labute approximate surface area is 172 Å². The summed E-state index contributed by atoms with van der Waals surface area (Å²) in [5.41, 5.74) is 9.13. The van der Waals surface area contributed by atoms with Crippen molar-refractivity contribution in [3.8, 4) is 22.4 Å². The molecular weight excluding hydrogens is 354 g/mol. The molecule has 0 fully saturated rings. The first-order valence-electron chi connectivity index (χ1n) is 9.96. The van der Waals surface area contributed by atoms with Gasteiger partial charge in [0, 0.05) is 12.4 Å². The van der Waals surface area contributed by atoms with Crippen LogP contribution in [0.4, 0.5) is 0 Å². The smallest absolute Gasteiger partial charge is 0.0883 e. The fraction of sp³-hybridized carbons (Fsp3) is 0.154. The predicted octanol–water partition coefficient (Wildman–Crippen LogP) is 6.39. The van der Waals surface area contributed by atoms with E-state index < -0.39 is 0 Å². The number of benzene rings is 2. The molecule has 144 valence electrons. The molecule has 2 aromatic carbocycles. The molecule has 0 saturated heterocycles. The van der Waals surface area contributed by atoms with E-state index in [0.717, 1.165) is 35.5 Å². The Balaban J connectivity index is 1.70. The molecule has 0 N–H and O–H groups in total. The normalized spacial score (nSPS) is 10.8. The lowest BCUT2D eigenvalue weighted by atomic mass is 10.0. The molecule has 2 heterocycles. The van der Waals surface area contributed by atoms with E-state index in [1.54, 1.807) is 0 Å². The molecule has 0 bridgehead atoms. The second-order valence-electron chi connectivity index (χ2n) is 7.33. The van der Waals surface area contributed by atoms with Gasteiger partial charge in [0.05, 0.1) is 17.9 Å². The van der Waals surface area contributed by atoms with Crippen LogP contribution in [0.1, 0.15) is 30.2 Å². The van der Waals surface area contributed by atoms with Gasteiger partial charge in [-0.15, -0.1) is 0 Å². The summed E-state index contributed by atoms with van der Waals surface area (Å²) in [6.07, 6.45) is 4.53. The number of pyridine rings is 1. The molecular formula is C26H25N3. The Hall–Kier alpha value is -3.46. The van der Waals surface area contributed by atoms with Crippen LogP contribution < -0.4 is 0 Å². The number of rotatable bonds is 6. The van der Waals surface area contributed by atoms with Crippen molar-refractivity contribution in [1.29, 1.82) is 0 Å². The zero-order chi connectivity index (χ0) is 20.2. The lowest BCUT2D eigenvalue weighted by Gasteiger charge is -2.09. The van der Waals surface area contributed by atoms with E-state index in [4.69, 9.17) is 5.10 Å². The van der Waals surface area contributed by atoms with E-state index in [2.05, 4.69) is 84.7 Å². The molecule has 0 radical (unpaired) electrons. The minimum atomic E-state index is 0.735. The van der Waals surface area contributed by atoms with Crippen molar-refractivity contribution < 1.29 is 0 Å². The van der Waals surface area contributed by atoms with Crippen LogP contribution in [0, 0.1) is 6.92 Å². The quantitative estimate of drug-likeness (QED) is 0.388. The van der Waals surface area contributed by atoms with Gasteiger partial charge in [0.15, 0.2) is 0 Å². The summed E-state index contributed by atoms with van der Waals surface area (Å²) in [6.45, 7) is 9.14. The highest BCUT2D eigenvalue weighted by Gasteiger charge is 2.12. The van der Waals surface area contributed by atoms with Crippen LogP contribution in [0.3, 0.4) is 0 Å². The summed E-state index contributed by atoms with van der Waals surface area (Å²) in [6, 6.07) is 23.5. The van der Waals surface area contributed by atoms with Crippen LogP contribution in [-0.2, 0) is 6.54 Å². The number of allylic oxidation sites excluding steroid dienone is 1. The van der Waals surface area contributed by atoms with Crippen LogP contribution >= 0.6 is 0 Å². The number of hydrogen-bond donors (Lipinski definition) is 0. The van der Waals surface area contributed by atoms with Crippen molar-refractivity contribution in [1.82, 2.24) is 14.8 Å². The molecule has 0 aliphatic rings. The van der Waals surface area contributed by atoms with E-state index in [0.29, 0.717) is 0 Å². The van der Waals surface area contributed by atoms with Gasteiger partial charge in [0.2, 0.25) is 0 Å². The summed E-state index contributed by atoms with van der Waals surface area (Å²) in [5, 5.41) is 4.86. The van der Waals surface area contributed by atoms with Crippen molar-refractivity contribution in [2.75, 3.05) is 0 Å². The topological polar surface area (TPSA) is 30.7 Å². The highest BCUT2D eigenvalue weighted by Crippen LogP contribution is 2.28. The fourth-order valence-electron chi connectivity index (χ4n) is 3.37. The van der Waals surface area contributed by atoms with Crippen LogP contribution in [-0.4, -0.2) is 14.8 Å². The summed E-state index contributed by atoms with van der Waals surface area (Å²) in [4.78, 5) is 4.10. The number of aromatic nitrogens is 3. The maximum atomic E-state index is 4.86. The van der Waals surface area contributed by atoms with E-state index in [9.17, 15) is 0 Å². The van der Waals surface area contributed by atoms with Crippen LogP contribution in [0.2, 0.25) is 0 Å². The van der Waals surface area contributed by atoms with E-state index >= 15 is 0 Å². The van der Waals surface area contributed by atoms with Crippen LogP contribution in [0.25, 0.3) is 28.0 Å². The first-order valence-corrected chi connectivity index (χ1v) is 9.96. The van der Waals surface area contributed by atoms with Crippen LogP contribution in [0.15, 0.2) is 85.7 Å². The van der Waals surface area contributed by atoms with Crippen molar-refractivity contribution in [2.45, 2.75) is 26.8 Å². The zero-order valence-electron chi connectivity index (χ0n) is 17.0. The van der Waals surface area contributed by atoms with Gasteiger partial charge in [-0.2, -0.15) is 5.10 Å². The highest BCUT2D eigenvalue weighted by atomic mass is 15.3. The van der Waals surface area contributed by atoms with Gasteiger partial charge in [-0.25, -0.2) is 0 Å². The third-order valence-corrected chi connectivity index (χ3v) is 5.22. The number of nitrogens with zero attached hydrogens (tertiary/aromatic N) is 3. The standard InChI is InChI=1S/C26H25N3/c1-4-20(3)25-17-26(29(28-25)18-21-7-5-19(2)6-8-21)24-11-9-22(10-12-24)23-13-15-27-16-14-23/h5-17H,3-4,18H2,1-2H3. The van der Waals surface area contributed by atoms with Crippen molar-refractivity contribution in [3.63, 3.8) is 0 Å². The molecule has 4 aromatic rings. The van der Waals surface area contributed by atoms with Crippen molar-refractivity contribution in [2.24, 2.45) is 0 Å². The van der Waals surface area contributed by atoms with Gasteiger partial charge in [-0.1, -0.05) is 67.6 Å². The van der Waals surface area contributed by atoms with Crippen LogP contribution in [0.5, 0.6) is 0 Å². The number of aryl methyl sites for hydroxylation is 1. The second-order valence-corrected chi connectivity index (χ2v) is 7.33. The maximum absolute atomic E-state index is 4.86. The average Bonchev–Trinajstić information content (AvgIpc) is 3.19. The SMILES string of the molecule is C=C(CC)c1cc(-c2ccc(-c3ccncc3)cc2)n(Cc2ccc(C)cc2)n1. The molecule has 0 aliphatic heterocycles. The van der Waals surface area contributed by atoms with E-state index in [1.807, 2.05) is 24.5 Å². The lowest BCUT2D eigenvalue weighted by molar-refractivity contribution is 0.690. The molecule has 0 aliphatic carbocycles. The van der Waals surface area contributed by atoms with Gasteiger partial charge in [-0.3, -0.25) is 9.67 Å². The molecule has 3 nitrogen and oxygen atoms in total. The Morgan fingerprint density at radius 2 is 1.48 bits per heavy atom. The molecule has 29 heavy (non-hydrogen) atoms. The van der Waals surface area contributed by atoms with Crippen molar-refractivity contribution >= 4 is 5.57 Å². The largest absolute Gasteiger partial charge is 0.265 e. The molecule has 0 amide bonds. The third kappa shape index (κ3) is 4.19. The Morgan fingerprint density at radius 1 is 0.862 bits per heavy atom. The Morgan fingerprint density at radius 3 is 2.14 bits per heavy atom. The Bertz CT molecular complexity index is 1110. The fourth-order valence-corrected chi connectivity index (χ4v) is 3.37. The minimum Gasteiger partial charge on any atom is -0.265 e. The van der Waals surface area contributed by atoms with Crippen molar-refractivity contribution in [3.05, 3.63) is 103 Å².